The molecule has 0 spiro atoms. The molecule has 0 aromatic heterocycles. The van der Waals surface area contributed by atoms with Crippen LogP contribution in [0, 0.1) is 6.92 Å². The van der Waals surface area contributed by atoms with E-state index >= 15 is 0 Å². The Hall–Kier alpha value is -1.77. The maximum absolute atomic E-state index is 11.2. The molecule has 3 nitrogen and oxygen atoms in total. The van der Waals surface area contributed by atoms with E-state index in [9.17, 15) is 4.79 Å². The average Bonchev–Trinajstić information content (AvgIpc) is 2.26. The number of carbonyl (C=O) groups is 1. The van der Waals surface area contributed by atoms with Crippen LogP contribution in [0.25, 0.3) is 5.76 Å². The minimum absolute atomic E-state index is 0.340. The molecule has 0 aliphatic heterocycles. The molecule has 0 radical (unpaired) electrons. The van der Waals surface area contributed by atoms with Crippen molar-refractivity contribution in [3.63, 3.8) is 0 Å². The lowest BCUT2D eigenvalue weighted by atomic mass is 10.0. The Kier molecular flexibility index (Phi) is 3.50. The molecule has 0 unspecified atom stereocenters. The number of benzene rings is 1. The molecule has 3 heteroatoms. The molecular formula is C12H14O3. The highest BCUT2D eigenvalue weighted by atomic mass is 16.5. The molecule has 1 aromatic rings. The Morgan fingerprint density at radius 1 is 1.27 bits per heavy atom. The Balaban J connectivity index is 3.08. The lowest BCUT2D eigenvalue weighted by molar-refractivity contribution is 0.0600. The van der Waals surface area contributed by atoms with Crippen molar-refractivity contribution in [2.24, 2.45) is 0 Å². The summed E-state index contributed by atoms with van der Waals surface area (Å²) in [6, 6.07) is 5.25. The van der Waals surface area contributed by atoms with Crippen LogP contribution in [0.1, 0.15) is 21.5 Å². The molecule has 0 heterocycles. The summed E-state index contributed by atoms with van der Waals surface area (Å²) < 4.78 is 9.66. The smallest absolute Gasteiger partial charge is 0.337 e. The van der Waals surface area contributed by atoms with Crippen LogP contribution in [-0.2, 0) is 9.47 Å². The monoisotopic (exact) mass is 206 g/mol. The van der Waals surface area contributed by atoms with Gasteiger partial charge in [-0.2, -0.15) is 0 Å². The van der Waals surface area contributed by atoms with Crippen molar-refractivity contribution in [3.05, 3.63) is 41.5 Å². The topological polar surface area (TPSA) is 35.5 Å². The van der Waals surface area contributed by atoms with E-state index in [1.807, 2.05) is 6.92 Å². The molecule has 1 aromatic carbocycles. The molecule has 0 amide bonds. The van der Waals surface area contributed by atoms with Gasteiger partial charge in [-0.1, -0.05) is 12.6 Å². The fourth-order valence-electron chi connectivity index (χ4n) is 1.33. The first-order valence-corrected chi connectivity index (χ1v) is 4.52. The summed E-state index contributed by atoms with van der Waals surface area (Å²) >= 11 is 0. The third-order valence-corrected chi connectivity index (χ3v) is 2.19. The number of esters is 1. The average molecular weight is 206 g/mol. The van der Waals surface area contributed by atoms with Gasteiger partial charge in [-0.3, -0.25) is 0 Å². The molecule has 80 valence electrons. The van der Waals surface area contributed by atoms with Crippen molar-refractivity contribution in [1.29, 1.82) is 0 Å². The summed E-state index contributed by atoms with van der Waals surface area (Å²) in [5.41, 5.74) is 2.36. The number of methoxy groups -OCH3 is 2. The predicted molar refractivity (Wildman–Crippen MR) is 58.6 cm³/mol. The van der Waals surface area contributed by atoms with Gasteiger partial charge in [-0.05, 0) is 24.6 Å². The van der Waals surface area contributed by atoms with E-state index in [1.165, 1.54) is 7.11 Å². The molecule has 0 bridgehead atoms. The van der Waals surface area contributed by atoms with E-state index < -0.39 is 0 Å². The van der Waals surface area contributed by atoms with E-state index in [2.05, 4.69) is 11.3 Å². The lowest BCUT2D eigenvalue weighted by Crippen LogP contribution is -2.02. The van der Waals surface area contributed by atoms with Gasteiger partial charge in [0.25, 0.3) is 0 Å². The van der Waals surface area contributed by atoms with Crippen LogP contribution in [0.2, 0.25) is 0 Å². The first kappa shape index (κ1) is 11.3. The number of hydrogen-bond acceptors (Lipinski definition) is 3. The fourth-order valence-corrected chi connectivity index (χ4v) is 1.33. The van der Waals surface area contributed by atoms with Crippen LogP contribution in [0.5, 0.6) is 0 Å². The summed E-state index contributed by atoms with van der Waals surface area (Å²) in [7, 11) is 2.93. The third kappa shape index (κ3) is 2.37. The minimum atomic E-state index is -0.340. The van der Waals surface area contributed by atoms with Crippen molar-refractivity contribution in [2.75, 3.05) is 14.2 Å². The molecular weight excluding hydrogens is 192 g/mol. The molecule has 0 fully saturated rings. The molecule has 0 aliphatic rings. The van der Waals surface area contributed by atoms with Crippen LogP contribution in [-0.4, -0.2) is 20.2 Å². The Morgan fingerprint density at radius 3 is 2.40 bits per heavy atom. The second kappa shape index (κ2) is 4.64. The standard InChI is InChI=1S/C12H14O3/c1-8-7-10(12(13)15-4)5-6-11(8)9(2)14-3/h5-7H,2H2,1,3-4H3. The van der Waals surface area contributed by atoms with Gasteiger partial charge in [0.05, 0.1) is 19.8 Å². The number of aryl methyl sites for hydroxylation is 1. The third-order valence-electron chi connectivity index (χ3n) is 2.19. The van der Waals surface area contributed by atoms with Gasteiger partial charge in [-0.15, -0.1) is 0 Å². The summed E-state index contributed by atoms with van der Waals surface area (Å²) in [6.07, 6.45) is 0. The zero-order valence-corrected chi connectivity index (χ0v) is 9.16. The molecule has 0 N–H and O–H groups in total. The summed E-state index contributed by atoms with van der Waals surface area (Å²) in [4.78, 5) is 11.2. The van der Waals surface area contributed by atoms with Crippen molar-refractivity contribution in [1.82, 2.24) is 0 Å². The summed E-state index contributed by atoms with van der Waals surface area (Å²) in [6.45, 7) is 5.66. The van der Waals surface area contributed by atoms with Crippen LogP contribution in [0.4, 0.5) is 0 Å². The second-order valence-corrected chi connectivity index (χ2v) is 3.15. The quantitative estimate of drug-likeness (QED) is 0.562. The molecule has 15 heavy (non-hydrogen) atoms. The first-order chi connectivity index (χ1) is 7.10. The minimum Gasteiger partial charge on any atom is -0.497 e. The normalized spacial score (nSPS) is 9.53. The SMILES string of the molecule is C=C(OC)c1ccc(C(=O)OC)cc1C. The Labute approximate surface area is 89.3 Å². The zero-order chi connectivity index (χ0) is 11.4. The molecule has 1 rings (SSSR count). The molecule has 0 saturated carbocycles. The summed E-state index contributed by atoms with van der Waals surface area (Å²) in [5, 5.41) is 0. The van der Waals surface area contributed by atoms with Crippen LogP contribution < -0.4 is 0 Å². The molecule has 0 saturated heterocycles. The zero-order valence-electron chi connectivity index (χ0n) is 9.16. The van der Waals surface area contributed by atoms with Crippen molar-refractivity contribution < 1.29 is 14.3 Å². The van der Waals surface area contributed by atoms with Crippen molar-refractivity contribution in [2.45, 2.75) is 6.92 Å². The predicted octanol–water partition coefficient (Wildman–Crippen LogP) is 2.40. The van der Waals surface area contributed by atoms with Gasteiger partial charge in [0.1, 0.15) is 5.76 Å². The number of rotatable bonds is 3. The highest BCUT2D eigenvalue weighted by Gasteiger charge is 2.09. The Bertz CT molecular complexity index is 394. The highest BCUT2D eigenvalue weighted by molar-refractivity contribution is 5.90. The van der Waals surface area contributed by atoms with Gasteiger partial charge >= 0.3 is 5.97 Å². The Morgan fingerprint density at radius 2 is 1.93 bits per heavy atom. The fraction of sp³-hybridized carbons (Fsp3) is 0.250. The molecule has 0 aliphatic carbocycles. The summed E-state index contributed by atoms with van der Waals surface area (Å²) in [5.74, 6) is 0.247. The van der Waals surface area contributed by atoms with Gasteiger partial charge in [0, 0.05) is 5.56 Å². The van der Waals surface area contributed by atoms with E-state index in [1.54, 1.807) is 25.3 Å². The van der Waals surface area contributed by atoms with Crippen molar-refractivity contribution >= 4 is 11.7 Å². The highest BCUT2D eigenvalue weighted by Crippen LogP contribution is 2.19. The van der Waals surface area contributed by atoms with E-state index in [-0.39, 0.29) is 5.97 Å². The van der Waals surface area contributed by atoms with Gasteiger partial charge in [0.2, 0.25) is 0 Å². The maximum Gasteiger partial charge on any atom is 0.337 e. The number of hydrogen-bond donors (Lipinski definition) is 0. The van der Waals surface area contributed by atoms with Crippen LogP contribution in [0.15, 0.2) is 24.8 Å². The van der Waals surface area contributed by atoms with E-state index in [0.29, 0.717) is 11.3 Å². The van der Waals surface area contributed by atoms with E-state index in [4.69, 9.17) is 4.74 Å². The largest absolute Gasteiger partial charge is 0.497 e. The molecule has 0 atom stereocenters. The van der Waals surface area contributed by atoms with Crippen molar-refractivity contribution in [3.8, 4) is 0 Å². The number of ether oxygens (including phenoxy) is 2. The first-order valence-electron chi connectivity index (χ1n) is 4.52. The van der Waals surface area contributed by atoms with Crippen LogP contribution in [0.3, 0.4) is 0 Å². The maximum atomic E-state index is 11.2. The van der Waals surface area contributed by atoms with E-state index in [0.717, 1.165) is 11.1 Å². The lowest BCUT2D eigenvalue weighted by Gasteiger charge is -2.09. The number of carbonyl (C=O) groups excluding carboxylic acids is 1. The van der Waals surface area contributed by atoms with Gasteiger partial charge in [0.15, 0.2) is 0 Å². The van der Waals surface area contributed by atoms with Gasteiger partial charge < -0.3 is 9.47 Å². The second-order valence-electron chi connectivity index (χ2n) is 3.15. The van der Waals surface area contributed by atoms with Gasteiger partial charge in [-0.25, -0.2) is 4.79 Å². The van der Waals surface area contributed by atoms with Crippen LogP contribution >= 0.6 is 0 Å².